The van der Waals surface area contributed by atoms with E-state index in [-0.39, 0.29) is 11.3 Å². The lowest BCUT2D eigenvalue weighted by molar-refractivity contribution is -0.131. The van der Waals surface area contributed by atoms with E-state index < -0.39 is 17.6 Å². The summed E-state index contributed by atoms with van der Waals surface area (Å²) < 4.78 is 28.2. The molecule has 108 valence electrons. The lowest BCUT2D eigenvalue weighted by Crippen LogP contribution is -2.26. The quantitative estimate of drug-likeness (QED) is 0.863. The van der Waals surface area contributed by atoms with Gasteiger partial charge in [0.15, 0.2) is 0 Å². The summed E-state index contributed by atoms with van der Waals surface area (Å²) in [4.78, 5) is 12.2. The van der Waals surface area contributed by atoms with Crippen LogP contribution in [0.5, 0.6) is 0 Å². The first-order valence-electron chi connectivity index (χ1n) is 6.73. The number of nitrogens with zero attached hydrogens (tertiary/aromatic N) is 1. The number of rotatable bonds is 3. The van der Waals surface area contributed by atoms with Gasteiger partial charge in [0.05, 0.1) is 0 Å². The zero-order valence-electron chi connectivity index (χ0n) is 11.1. The molecule has 2 rings (SSSR count). The van der Waals surface area contributed by atoms with Crippen molar-refractivity contribution in [3.05, 3.63) is 35.4 Å². The van der Waals surface area contributed by atoms with Crippen LogP contribution in [-0.2, 0) is 4.79 Å². The molecule has 1 aromatic rings. The first kappa shape index (κ1) is 14.5. The normalized spacial score (nSPS) is 16.4. The summed E-state index contributed by atoms with van der Waals surface area (Å²) >= 11 is 0. The molecule has 1 N–H and O–H groups in total. The minimum Gasteiger partial charge on any atom is -0.478 e. The predicted octanol–water partition coefficient (Wildman–Crippen LogP) is 3.44. The van der Waals surface area contributed by atoms with E-state index in [1.165, 1.54) is 18.2 Å². The summed E-state index contributed by atoms with van der Waals surface area (Å²) in [5.74, 6) is -2.43. The molecule has 0 aliphatic carbocycles. The van der Waals surface area contributed by atoms with E-state index in [1.54, 1.807) is 4.90 Å². The summed E-state index contributed by atoms with van der Waals surface area (Å²) in [6.07, 6.45) is 6.07. The molecule has 0 amide bonds. The molecule has 1 heterocycles. The number of carboxylic acids is 1. The number of hydrogen-bond donors (Lipinski definition) is 1. The highest BCUT2D eigenvalue weighted by molar-refractivity contribution is 5.85. The van der Waals surface area contributed by atoms with Crippen LogP contribution in [0.3, 0.4) is 0 Å². The molecule has 0 spiro atoms. The fraction of sp³-hybridized carbons (Fsp3) is 0.400. The van der Waals surface area contributed by atoms with Crippen LogP contribution in [0.25, 0.3) is 6.08 Å². The molecule has 0 bridgehead atoms. The van der Waals surface area contributed by atoms with Gasteiger partial charge in [0.1, 0.15) is 17.3 Å². The van der Waals surface area contributed by atoms with Crippen LogP contribution in [0, 0.1) is 11.6 Å². The number of aliphatic carboxylic acids is 1. The van der Waals surface area contributed by atoms with E-state index in [0.29, 0.717) is 13.1 Å². The molecule has 20 heavy (non-hydrogen) atoms. The zero-order chi connectivity index (χ0) is 14.5. The fourth-order valence-corrected chi connectivity index (χ4v) is 2.45. The molecule has 1 aliphatic rings. The van der Waals surface area contributed by atoms with Crippen molar-refractivity contribution in [2.45, 2.75) is 25.7 Å². The van der Waals surface area contributed by atoms with Gasteiger partial charge in [0.2, 0.25) is 0 Å². The van der Waals surface area contributed by atoms with Crippen molar-refractivity contribution >= 4 is 17.7 Å². The lowest BCUT2D eigenvalue weighted by Gasteiger charge is -2.23. The summed E-state index contributed by atoms with van der Waals surface area (Å²) in [6.45, 7) is 1.30. The minimum absolute atomic E-state index is 0.000579. The Labute approximate surface area is 116 Å². The molecule has 1 saturated heterocycles. The van der Waals surface area contributed by atoms with Gasteiger partial charge in [-0.05, 0) is 36.6 Å². The Hall–Kier alpha value is -1.91. The van der Waals surface area contributed by atoms with Gasteiger partial charge in [-0.1, -0.05) is 12.8 Å². The van der Waals surface area contributed by atoms with Crippen LogP contribution in [-0.4, -0.2) is 24.2 Å². The molecule has 0 aromatic heterocycles. The molecule has 1 fully saturated rings. The minimum atomic E-state index is -1.15. The van der Waals surface area contributed by atoms with Gasteiger partial charge in [0.25, 0.3) is 0 Å². The van der Waals surface area contributed by atoms with Crippen LogP contribution in [0.2, 0.25) is 0 Å². The molecule has 3 nitrogen and oxygen atoms in total. The average molecular weight is 281 g/mol. The summed E-state index contributed by atoms with van der Waals surface area (Å²) in [5, 5.41) is 8.52. The summed E-state index contributed by atoms with van der Waals surface area (Å²) in [6, 6.07) is 2.34. The second-order valence-electron chi connectivity index (χ2n) is 4.91. The van der Waals surface area contributed by atoms with Crippen molar-refractivity contribution in [1.82, 2.24) is 0 Å². The number of hydrogen-bond acceptors (Lipinski definition) is 2. The Morgan fingerprint density at radius 3 is 2.15 bits per heavy atom. The molecule has 1 aliphatic heterocycles. The number of halogens is 2. The van der Waals surface area contributed by atoms with E-state index in [9.17, 15) is 13.6 Å². The van der Waals surface area contributed by atoms with Gasteiger partial charge in [-0.3, -0.25) is 0 Å². The maximum absolute atomic E-state index is 14.1. The number of benzene rings is 1. The largest absolute Gasteiger partial charge is 0.478 e. The van der Waals surface area contributed by atoms with Crippen molar-refractivity contribution in [2.75, 3.05) is 18.0 Å². The number of carbonyl (C=O) groups is 1. The third kappa shape index (κ3) is 3.56. The fourth-order valence-electron chi connectivity index (χ4n) is 2.45. The van der Waals surface area contributed by atoms with Crippen LogP contribution < -0.4 is 4.90 Å². The van der Waals surface area contributed by atoms with Crippen molar-refractivity contribution in [2.24, 2.45) is 0 Å². The highest BCUT2D eigenvalue weighted by Gasteiger charge is 2.18. The molecule has 1 aromatic carbocycles. The Morgan fingerprint density at radius 1 is 1.10 bits per heavy atom. The highest BCUT2D eigenvalue weighted by Crippen LogP contribution is 2.27. The van der Waals surface area contributed by atoms with E-state index in [2.05, 4.69) is 0 Å². The number of carboxylic acid groups (broad SMARTS) is 1. The van der Waals surface area contributed by atoms with Gasteiger partial charge in [0, 0.05) is 19.2 Å². The highest BCUT2D eigenvalue weighted by atomic mass is 19.1. The smallest absolute Gasteiger partial charge is 0.328 e. The molecule has 0 saturated carbocycles. The first-order chi connectivity index (χ1) is 9.58. The maximum Gasteiger partial charge on any atom is 0.328 e. The second-order valence-corrected chi connectivity index (χ2v) is 4.91. The summed E-state index contributed by atoms with van der Waals surface area (Å²) in [7, 11) is 0. The van der Waals surface area contributed by atoms with E-state index in [1.807, 2.05) is 0 Å². The lowest BCUT2D eigenvalue weighted by atomic mass is 10.1. The van der Waals surface area contributed by atoms with E-state index in [0.717, 1.165) is 31.8 Å². The molecule has 5 heteroatoms. The SMILES string of the molecule is O=C(O)C=Cc1cc(F)c(N2CCCCCC2)c(F)c1. The van der Waals surface area contributed by atoms with Crippen molar-refractivity contribution in [3.63, 3.8) is 0 Å². The van der Waals surface area contributed by atoms with E-state index in [4.69, 9.17) is 5.11 Å². The Balaban J connectivity index is 2.28. The average Bonchev–Trinajstić information content (AvgIpc) is 2.64. The van der Waals surface area contributed by atoms with Crippen LogP contribution in [0.15, 0.2) is 18.2 Å². The van der Waals surface area contributed by atoms with E-state index >= 15 is 0 Å². The van der Waals surface area contributed by atoms with Crippen molar-refractivity contribution < 1.29 is 18.7 Å². The van der Waals surface area contributed by atoms with Gasteiger partial charge >= 0.3 is 5.97 Å². The summed E-state index contributed by atoms with van der Waals surface area (Å²) in [5.41, 5.74) is 0.209. The van der Waals surface area contributed by atoms with Gasteiger partial charge in [-0.25, -0.2) is 13.6 Å². The first-order valence-corrected chi connectivity index (χ1v) is 6.73. The standard InChI is InChI=1S/C15H17F2NO2/c16-12-9-11(5-6-14(19)20)10-13(17)15(12)18-7-3-1-2-4-8-18/h5-6,9-10H,1-4,7-8H2,(H,19,20). The molecular formula is C15H17F2NO2. The molecule has 0 unspecified atom stereocenters. The third-order valence-corrected chi connectivity index (χ3v) is 3.38. The van der Waals surface area contributed by atoms with Crippen molar-refractivity contribution in [1.29, 1.82) is 0 Å². The van der Waals surface area contributed by atoms with Crippen LogP contribution in [0.1, 0.15) is 31.2 Å². The topological polar surface area (TPSA) is 40.5 Å². The molecule has 0 atom stereocenters. The Morgan fingerprint density at radius 2 is 1.65 bits per heavy atom. The predicted molar refractivity (Wildman–Crippen MR) is 73.7 cm³/mol. The monoisotopic (exact) mass is 281 g/mol. The maximum atomic E-state index is 14.1. The Kier molecular flexibility index (Phi) is 4.71. The van der Waals surface area contributed by atoms with Crippen LogP contribution >= 0.6 is 0 Å². The van der Waals surface area contributed by atoms with Crippen LogP contribution in [0.4, 0.5) is 14.5 Å². The molecule has 0 radical (unpaired) electrons. The number of anilines is 1. The Bertz CT molecular complexity index is 498. The second kappa shape index (κ2) is 6.50. The van der Waals surface area contributed by atoms with Gasteiger partial charge in [-0.2, -0.15) is 0 Å². The third-order valence-electron chi connectivity index (χ3n) is 3.38. The van der Waals surface area contributed by atoms with Gasteiger partial charge in [-0.15, -0.1) is 0 Å². The van der Waals surface area contributed by atoms with Crippen molar-refractivity contribution in [3.8, 4) is 0 Å². The van der Waals surface area contributed by atoms with Gasteiger partial charge < -0.3 is 10.0 Å². The zero-order valence-corrected chi connectivity index (χ0v) is 11.1. The molecular weight excluding hydrogens is 264 g/mol.